The van der Waals surface area contributed by atoms with Gasteiger partial charge >= 0.3 is 5.97 Å². The van der Waals surface area contributed by atoms with Gasteiger partial charge in [0.2, 0.25) is 5.91 Å². The monoisotopic (exact) mass is 249 g/mol. The SMILES string of the molecule is COC(=O)c1cc(NC2CCN(C)C2=O)ccn1. The van der Waals surface area contributed by atoms with Crippen molar-refractivity contribution in [2.24, 2.45) is 0 Å². The fraction of sp³-hybridized carbons (Fsp3) is 0.417. The maximum atomic E-state index is 11.7. The summed E-state index contributed by atoms with van der Waals surface area (Å²) in [5.74, 6) is -0.431. The second-order valence-corrected chi connectivity index (χ2v) is 4.17. The molecule has 1 N–H and O–H groups in total. The quantitative estimate of drug-likeness (QED) is 0.790. The van der Waals surface area contributed by atoms with Crippen LogP contribution >= 0.6 is 0 Å². The van der Waals surface area contributed by atoms with Gasteiger partial charge in [0.05, 0.1) is 7.11 Å². The van der Waals surface area contributed by atoms with Crippen molar-refractivity contribution in [3.8, 4) is 0 Å². The van der Waals surface area contributed by atoms with E-state index in [1.807, 2.05) is 0 Å². The third-order valence-corrected chi connectivity index (χ3v) is 2.92. The first kappa shape index (κ1) is 12.3. The van der Waals surface area contributed by atoms with Gasteiger partial charge in [-0.05, 0) is 18.6 Å². The Morgan fingerprint density at radius 3 is 3.00 bits per heavy atom. The summed E-state index contributed by atoms with van der Waals surface area (Å²) in [6, 6.07) is 3.07. The van der Waals surface area contributed by atoms with E-state index in [0.717, 1.165) is 13.0 Å². The van der Waals surface area contributed by atoms with Gasteiger partial charge in [-0.25, -0.2) is 9.78 Å². The molecule has 18 heavy (non-hydrogen) atoms. The van der Waals surface area contributed by atoms with Gasteiger partial charge in [0.1, 0.15) is 11.7 Å². The lowest BCUT2D eigenvalue weighted by atomic mass is 10.2. The fourth-order valence-electron chi connectivity index (χ4n) is 1.89. The number of methoxy groups -OCH3 is 1. The first-order valence-corrected chi connectivity index (χ1v) is 5.67. The molecule has 1 fully saturated rings. The van der Waals surface area contributed by atoms with E-state index in [4.69, 9.17) is 0 Å². The van der Waals surface area contributed by atoms with Crippen LogP contribution in [0.5, 0.6) is 0 Å². The molecule has 6 heteroatoms. The van der Waals surface area contributed by atoms with Crippen molar-refractivity contribution in [3.63, 3.8) is 0 Å². The fourth-order valence-corrected chi connectivity index (χ4v) is 1.89. The Hall–Kier alpha value is -2.11. The molecule has 6 nitrogen and oxygen atoms in total. The zero-order chi connectivity index (χ0) is 13.1. The molecule has 1 aromatic rings. The Bertz CT molecular complexity index is 475. The summed E-state index contributed by atoms with van der Waals surface area (Å²) in [6.07, 6.45) is 2.27. The Balaban J connectivity index is 2.10. The lowest BCUT2D eigenvalue weighted by Gasteiger charge is -2.13. The van der Waals surface area contributed by atoms with Crippen LogP contribution in [-0.2, 0) is 9.53 Å². The third kappa shape index (κ3) is 2.42. The number of pyridine rings is 1. The molecule has 1 atom stereocenters. The number of nitrogens with zero attached hydrogens (tertiary/aromatic N) is 2. The summed E-state index contributed by atoms with van der Waals surface area (Å²) in [6.45, 7) is 0.742. The largest absolute Gasteiger partial charge is 0.464 e. The topological polar surface area (TPSA) is 71.5 Å². The number of nitrogens with one attached hydrogen (secondary N) is 1. The first-order chi connectivity index (χ1) is 8.61. The van der Waals surface area contributed by atoms with E-state index in [-0.39, 0.29) is 17.6 Å². The van der Waals surface area contributed by atoms with Crippen LogP contribution in [0, 0.1) is 0 Å². The number of anilines is 1. The minimum absolute atomic E-state index is 0.0615. The predicted molar refractivity (Wildman–Crippen MR) is 65.2 cm³/mol. The molecule has 96 valence electrons. The summed E-state index contributed by atoms with van der Waals surface area (Å²) in [5.41, 5.74) is 0.917. The lowest BCUT2D eigenvalue weighted by Crippen LogP contribution is -2.31. The van der Waals surface area contributed by atoms with Gasteiger partial charge in [0, 0.05) is 25.5 Å². The van der Waals surface area contributed by atoms with E-state index in [1.54, 1.807) is 24.1 Å². The Morgan fingerprint density at radius 1 is 1.61 bits per heavy atom. The van der Waals surface area contributed by atoms with Crippen molar-refractivity contribution in [3.05, 3.63) is 24.0 Å². The van der Waals surface area contributed by atoms with Crippen LogP contribution < -0.4 is 5.32 Å². The summed E-state index contributed by atoms with van der Waals surface area (Å²) < 4.78 is 4.60. The van der Waals surface area contributed by atoms with Crippen LogP contribution in [0.3, 0.4) is 0 Å². The van der Waals surface area contributed by atoms with Gasteiger partial charge in [-0.15, -0.1) is 0 Å². The van der Waals surface area contributed by atoms with E-state index in [0.29, 0.717) is 5.69 Å². The summed E-state index contributed by atoms with van der Waals surface area (Å²) in [7, 11) is 3.08. The smallest absolute Gasteiger partial charge is 0.356 e. The van der Waals surface area contributed by atoms with Gasteiger partial charge in [0.15, 0.2) is 0 Å². The number of hydrogen-bond acceptors (Lipinski definition) is 5. The van der Waals surface area contributed by atoms with Gasteiger partial charge in [-0.2, -0.15) is 0 Å². The van der Waals surface area contributed by atoms with Crippen LogP contribution in [0.1, 0.15) is 16.9 Å². The number of carbonyl (C=O) groups is 2. The lowest BCUT2D eigenvalue weighted by molar-refractivity contribution is -0.127. The molecule has 2 heterocycles. The molecule has 0 saturated carbocycles. The molecule has 0 aromatic carbocycles. The second kappa shape index (κ2) is 5.03. The van der Waals surface area contributed by atoms with Crippen LogP contribution in [-0.4, -0.2) is 48.5 Å². The highest BCUT2D eigenvalue weighted by atomic mass is 16.5. The maximum absolute atomic E-state index is 11.7. The van der Waals surface area contributed by atoms with Gasteiger partial charge in [-0.3, -0.25) is 4.79 Å². The first-order valence-electron chi connectivity index (χ1n) is 5.67. The molecular formula is C12H15N3O3. The second-order valence-electron chi connectivity index (χ2n) is 4.17. The van der Waals surface area contributed by atoms with E-state index < -0.39 is 5.97 Å². The average Bonchev–Trinajstić information content (AvgIpc) is 2.70. The molecule has 1 amide bonds. The minimum Gasteiger partial charge on any atom is -0.464 e. The van der Waals surface area contributed by atoms with Crippen LogP contribution in [0.15, 0.2) is 18.3 Å². The van der Waals surface area contributed by atoms with Crippen molar-refractivity contribution in [1.82, 2.24) is 9.88 Å². The average molecular weight is 249 g/mol. The van der Waals surface area contributed by atoms with E-state index >= 15 is 0 Å². The van der Waals surface area contributed by atoms with E-state index in [1.165, 1.54) is 13.3 Å². The number of likely N-dealkylation sites (tertiary alicyclic amines) is 1. The Labute approximate surface area is 105 Å². The summed E-state index contributed by atoms with van der Waals surface area (Å²) >= 11 is 0. The molecule has 0 bridgehead atoms. The highest BCUT2D eigenvalue weighted by molar-refractivity contribution is 5.89. The molecule has 1 unspecified atom stereocenters. The van der Waals surface area contributed by atoms with E-state index in [9.17, 15) is 9.59 Å². The zero-order valence-corrected chi connectivity index (χ0v) is 10.3. The molecule has 2 rings (SSSR count). The number of amides is 1. The molecule has 0 radical (unpaired) electrons. The minimum atomic E-state index is -0.492. The number of hydrogen-bond donors (Lipinski definition) is 1. The summed E-state index contributed by atoms with van der Waals surface area (Å²) in [4.78, 5) is 28.7. The molecule has 0 aliphatic carbocycles. The third-order valence-electron chi connectivity index (χ3n) is 2.92. The van der Waals surface area contributed by atoms with Crippen molar-refractivity contribution in [1.29, 1.82) is 0 Å². The number of likely N-dealkylation sites (N-methyl/N-ethyl adjacent to an activating group) is 1. The Kier molecular flexibility index (Phi) is 3.45. The molecule has 0 spiro atoms. The normalized spacial score (nSPS) is 18.9. The number of carbonyl (C=O) groups excluding carboxylic acids is 2. The Morgan fingerprint density at radius 2 is 2.39 bits per heavy atom. The van der Waals surface area contributed by atoms with Crippen LogP contribution in [0.25, 0.3) is 0 Å². The molecule has 1 aromatic heterocycles. The van der Waals surface area contributed by atoms with Gasteiger partial charge < -0.3 is 15.0 Å². The molecule has 1 aliphatic heterocycles. The maximum Gasteiger partial charge on any atom is 0.356 e. The van der Waals surface area contributed by atoms with Crippen molar-refractivity contribution in [2.45, 2.75) is 12.5 Å². The zero-order valence-electron chi connectivity index (χ0n) is 10.3. The number of ether oxygens (including phenoxy) is 1. The highest BCUT2D eigenvalue weighted by Gasteiger charge is 2.28. The van der Waals surface area contributed by atoms with Gasteiger partial charge in [0.25, 0.3) is 0 Å². The predicted octanol–water partition coefficient (Wildman–Crippen LogP) is 0.511. The van der Waals surface area contributed by atoms with Crippen molar-refractivity contribution >= 4 is 17.6 Å². The number of rotatable bonds is 3. The van der Waals surface area contributed by atoms with Crippen molar-refractivity contribution in [2.75, 3.05) is 26.0 Å². The highest BCUT2D eigenvalue weighted by Crippen LogP contribution is 2.16. The molecule has 1 saturated heterocycles. The molecular weight excluding hydrogens is 234 g/mol. The van der Waals surface area contributed by atoms with E-state index in [2.05, 4.69) is 15.0 Å². The number of esters is 1. The van der Waals surface area contributed by atoms with Gasteiger partial charge in [-0.1, -0.05) is 0 Å². The summed E-state index contributed by atoms with van der Waals surface area (Å²) in [5, 5.41) is 3.10. The van der Waals surface area contributed by atoms with Crippen molar-refractivity contribution < 1.29 is 14.3 Å². The number of aromatic nitrogens is 1. The molecule has 1 aliphatic rings. The van der Waals surface area contributed by atoms with Crippen LogP contribution in [0.4, 0.5) is 5.69 Å². The van der Waals surface area contributed by atoms with Crippen LogP contribution in [0.2, 0.25) is 0 Å². The standard InChI is InChI=1S/C12H15N3O3/c1-15-6-4-9(11(15)16)14-8-3-5-13-10(7-8)12(17)18-2/h3,5,7,9H,4,6H2,1-2H3,(H,13,14).